The first-order valence-corrected chi connectivity index (χ1v) is 8.76. The van der Waals surface area contributed by atoms with E-state index in [9.17, 15) is 4.79 Å². The SMILES string of the molecule is CCOc1ccc(NC(=O)CSc2nnc3nc[nH]n23)cc1OCC. The van der Waals surface area contributed by atoms with Crippen molar-refractivity contribution in [1.29, 1.82) is 0 Å². The van der Waals surface area contributed by atoms with Crippen molar-refractivity contribution < 1.29 is 14.3 Å². The molecule has 3 rings (SSSR count). The molecule has 2 heterocycles. The van der Waals surface area contributed by atoms with Crippen molar-refractivity contribution in [3.63, 3.8) is 0 Å². The number of nitrogens with one attached hydrogen (secondary N) is 2. The van der Waals surface area contributed by atoms with E-state index in [0.29, 0.717) is 41.3 Å². The number of carbonyl (C=O) groups excluding carboxylic acids is 1. The van der Waals surface area contributed by atoms with Crippen molar-refractivity contribution in [2.75, 3.05) is 24.3 Å². The number of anilines is 1. The molecule has 0 unspecified atom stereocenters. The molecule has 0 aliphatic carbocycles. The molecule has 0 atom stereocenters. The molecule has 1 aromatic carbocycles. The molecule has 9 nitrogen and oxygen atoms in total. The Morgan fingerprint density at radius 2 is 2.04 bits per heavy atom. The molecule has 3 aromatic rings. The Morgan fingerprint density at radius 1 is 1.24 bits per heavy atom. The van der Waals surface area contributed by atoms with E-state index in [-0.39, 0.29) is 11.7 Å². The molecule has 0 fully saturated rings. The van der Waals surface area contributed by atoms with E-state index >= 15 is 0 Å². The summed E-state index contributed by atoms with van der Waals surface area (Å²) < 4.78 is 12.7. The first-order valence-electron chi connectivity index (χ1n) is 7.78. The summed E-state index contributed by atoms with van der Waals surface area (Å²) in [5, 5.41) is 14.1. The van der Waals surface area contributed by atoms with Gasteiger partial charge in [-0.3, -0.25) is 9.89 Å². The Bertz CT molecular complexity index is 862. The molecule has 2 N–H and O–H groups in total. The second-order valence-corrected chi connectivity index (χ2v) is 5.81. The summed E-state index contributed by atoms with van der Waals surface area (Å²) in [6.07, 6.45) is 1.52. The summed E-state index contributed by atoms with van der Waals surface area (Å²) in [6, 6.07) is 5.31. The van der Waals surface area contributed by atoms with Gasteiger partial charge in [0.05, 0.1) is 19.0 Å². The molecular formula is C15H18N6O3S. The standard InChI is InChI=1S/C15H18N6O3S/c1-3-23-11-6-5-10(7-12(11)24-4-2)18-13(22)8-25-15-20-19-14-16-9-17-21(14)15/h5-7,9H,3-4,8H2,1-2H3,(H,18,22)(H,16,17,19). The van der Waals surface area contributed by atoms with E-state index in [2.05, 4.69) is 25.6 Å². The van der Waals surface area contributed by atoms with Crippen LogP contribution in [0.2, 0.25) is 0 Å². The van der Waals surface area contributed by atoms with Gasteiger partial charge in [-0.25, -0.2) is 0 Å². The van der Waals surface area contributed by atoms with Gasteiger partial charge in [-0.2, -0.15) is 9.50 Å². The lowest BCUT2D eigenvalue weighted by Gasteiger charge is -2.12. The maximum absolute atomic E-state index is 12.2. The third-order valence-corrected chi connectivity index (χ3v) is 4.07. The number of amides is 1. The minimum atomic E-state index is -0.159. The van der Waals surface area contributed by atoms with Gasteiger partial charge in [-0.05, 0) is 26.0 Å². The summed E-state index contributed by atoms with van der Waals surface area (Å²) >= 11 is 1.26. The van der Waals surface area contributed by atoms with Crippen LogP contribution in [0.5, 0.6) is 11.5 Å². The van der Waals surface area contributed by atoms with Crippen LogP contribution >= 0.6 is 11.8 Å². The zero-order valence-corrected chi connectivity index (χ0v) is 14.7. The van der Waals surface area contributed by atoms with Crippen LogP contribution in [-0.2, 0) is 4.79 Å². The molecule has 0 aliphatic heterocycles. The van der Waals surface area contributed by atoms with Crippen LogP contribution in [0.15, 0.2) is 29.7 Å². The van der Waals surface area contributed by atoms with Gasteiger partial charge >= 0.3 is 0 Å². The highest BCUT2D eigenvalue weighted by Crippen LogP contribution is 2.30. The van der Waals surface area contributed by atoms with Crippen LogP contribution in [0.4, 0.5) is 5.69 Å². The molecule has 10 heteroatoms. The maximum atomic E-state index is 12.2. The number of aromatic amines is 1. The Kier molecular flexibility index (Phi) is 5.39. The predicted molar refractivity (Wildman–Crippen MR) is 93.3 cm³/mol. The summed E-state index contributed by atoms with van der Waals surface area (Å²) in [5.74, 6) is 1.76. The van der Waals surface area contributed by atoms with Crippen LogP contribution in [0, 0.1) is 0 Å². The molecule has 0 aliphatic rings. The molecule has 132 valence electrons. The van der Waals surface area contributed by atoms with E-state index in [1.165, 1.54) is 18.1 Å². The molecule has 0 radical (unpaired) electrons. The number of fused-ring (bicyclic) bond motifs is 1. The number of H-pyrrole nitrogens is 1. The summed E-state index contributed by atoms with van der Waals surface area (Å²) in [5.41, 5.74) is 0.644. The fourth-order valence-corrected chi connectivity index (χ4v) is 2.85. The molecular weight excluding hydrogens is 344 g/mol. The van der Waals surface area contributed by atoms with Crippen LogP contribution in [0.25, 0.3) is 5.78 Å². The van der Waals surface area contributed by atoms with Crippen LogP contribution in [-0.4, -0.2) is 49.7 Å². The third-order valence-electron chi connectivity index (χ3n) is 3.14. The number of hydrogen-bond acceptors (Lipinski definition) is 7. The zero-order valence-electron chi connectivity index (χ0n) is 13.9. The number of hydrogen-bond donors (Lipinski definition) is 2. The van der Waals surface area contributed by atoms with Crippen molar-refractivity contribution in [2.24, 2.45) is 0 Å². The van der Waals surface area contributed by atoms with Crippen LogP contribution < -0.4 is 14.8 Å². The largest absolute Gasteiger partial charge is 0.490 e. The highest BCUT2D eigenvalue weighted by molar-refractivity contribution is 7.99. The molecule has 1 amide bonds. The lowest BCUT2D eigenvalue weighted by Crippen LogP contribution is -2.14. The van der Waals surface area contributed by atoms with E-state index in [1.807, 2.05) is 13.8 Å². The minimum absolute atomic E-state index is 0.159. The Balaban J connectivity index is 1.62. The van der Waals surface area contributed by atoms with E-state index in [1.54, 1.807) is 22.7 Å². The topological polar surface area (TPSA) is 106 Å². The number of aromatic nitrogens is 5. The quantitative estimate of drug-likeness (QED) is 0.590. The van der Waals surface area contributed by atoms with E-state index < -0.39 is 0 Å². The van der Waals surface area contributed by atoms with Crippen molar-refractivity contribution in [1.82, 2.24) is 24.8 Å². The highest BCUT2D eigenvalue weighted by Gasteiger charge is 2.12. The number of carbonyl (C=O) groups is 1. The lowest BCUT2D eigenvalue weighted by atomic mass is 10.2. The predicted octanol–water partition coefficient (Wildman–Crippen LogP) is 1.98. The monoisotopic (exact) mass is 362 g/mol. The van der Waals surface area contributed by atoms with Gasteiger partial charge < -0.3 is 14.8 Å². The Hall–Kier alpha value is -2.75. The normalized spacial score (nSPS) is 10.8. The van der Waals surface area contributed by atoms with Crippen molar-refractivity contribution in [3.8, 4) is 11.5 Å². The first-order chi connectivity index (χ1) is 12.2. The second kappa shape index (κ2) is 7.88. The van der Waals surface area contributed by atoms with Crippen molar-refractivity contribution in [3.05, 3.63) is 24.5 Å². The Morgan fingerprint density at radius 3 is 2.84 bits per heavy atom. The summed E-state index contributed by atoms with van der Waals surface area (Å²) in [7, 11) is 0. The number of rotatable bonds is 8. The highest BCUT2D eigenvalue weighted by atomic mass is 32.2. The number of thioether (sulfide) groups is 1. The zero-order chi connectivity index (χ0) is 17.6. The van der Waals surface area contributed by atoms with Crippen LogP contribution in [0.3, 0.4) is 0 Å². The molecule has 25 heavy (non-hydrogen) atoms. The second-order valence-electron chi connectivity index (χ2n) is 4.87. The smallest absolute Gasteiger partial charge is 0.272 e. The van der Waals surface area contributed by atoms with Crippen LogP contribution in [0.1, 0.15) is 13.8 Å². The van der Waals surface area contributed by atoms with Gasteiger partial charge in [-0.15, -0.1) is 10.2 Å². The van der Waals surface area contributed by atoms with Crippen molar-refractivity contribution >= 4 is 29.1 Å². The summed E-state index contributed by atoms with van der Waals surface area (Å²) in [4.78, 5) is 16.2. The van der Waals surface area contributed by atoms with Gasteiger partial charge in [0.2, 0.25) is 11.1 Å². The lowest BCUT2D eigenvalue weighted by molar-refractivity contribution is -0.113. The number of ether oxygens (including phenoxy) is 2. The fraction of sp³-hybridized carbons (Fsp3) is 0.333. The molecule has 0 saturated heterocycles. The average Bonchev–Trinajstić information content (AvgIpc) is 3.20. The Labute approximate surface area is 148 Å². The fourth-order valence-electron chi connectivity index (χ4n) is 2.15. The molecule has 2 aromatic heterocycles. The average molecular weight is 362 g/mol. The van der Waals surface area contributed by atoms with Gasteiger partial charge in [-0.1, -0.05) is 11.8 Å². The van der Waals surface area contributed by atoms with Gasteiger partial charge in [0.15, 0.2) is 11.5 Å². The van der Waals surface area contributed by atoms with Gasteiger partial charge in [0, 0.05) is 11.8 Å². The van der Waals surface area contributed by atoms with Gasteiger partial charge in [0.1, 0.15) is 6.33 Å². The number of nitrogens with zero attached hydrogens (tertiary/aromatic N) is 4. The van der Waals surface area contributed by atoms with E-state index in [4.69, 9.17) is 9.47 Å². The summed E-state index contributed by atoms with van der Waals surface area (Å²) in [6.45, 7) is 4.86. The molecule has 0 bridgehead atoms. The van der Waals surface area contributed by atoms with E-state index in [0.717, 1.165) is 0 Å². The van der Waals surface area contributed by atoms with Gasteiger partial charge in [0.25, 0.3) is 5.78 Å². The first kappa shape index (κ1) is 17.1. The number of benzene rings is 1. The molecule has 0 saturated carbocycles. The van der Waals surface area contributed by atoms with Crippen molar-refractivity contribution in [2.45, 2.75) is 19.0 Å². The molecule has 0 spiro atoms. The minimum Gasteiger partial charge on any atom is -0.490 e. The third kappa shape index (κ3) is 4.02. The maximum Gasteiger partial charge on any atom is 0.272 e.